The molecule has 1 amide bonds. The summed E-state index contributed by atoms with van der Waals surface area (Å²) in [6.45, 7) is 1.29. The molecule has 1 saturated heterocycles. The predicted molar refractivity (Wildman–Crippen MR) is 86.7 cm³/mol. The van der Waals surface area contributed by atoms with Crippen LogP contribution in [0.5, 0.6) is 0 Å². The van der Waals surface area contributed by atoms with E-state index in [-0.39, 0.29) is 17.9 Å². The normalized spacial score (nSPS) is 20.8. The first-order chi connectivity index (χ1) is 10.8. The van der Waals surface area contributed by atoms with E-state index in [0.29, 0.717) is 13.1 Å². The summed E-state index contributed by atoms with van der Waals surface area (Å²) in [6.07, 6.45) is 0. The largest absolute Gasteiger partial charge is 0.341 e. The second kappa shape index (κ2) is 6.73. The minimum Gasteiger partial charge on any atom is -0.341 e. The van der Waals surface area contributed by atoms with Crippen LogP contribution in [-0.4, -0.2) is 24.4 Å². The zero-order chi connectivity index (χ0) is 15.4. The molecular formula is C18H21N3O. The van der Waals surface area contributed by atoms with Crippen LogP contribution in [0.15, 0.2) is 60.7 Å². The van der Waals surface area contributed by atoms with Gasteiger partial charge in [0.15, 0.2) is 0 Å². The molecule has 1 aliphatic heterocycles. The molecular weight excluding hydrogens is 274 g/mol. The van der Waals surface area contributed by atoms with E-state index < -0.39 is 0 Å². The van der Waals surface area contributed by atoms with Gasteiger partial charge in [-0.2, -0.15) is 0 Å². The third kappa shape index (κ3) is 3.18. The van der Waals surface area contributed by atoms with Crippen LogP contribution < -0.4 is 10.9 Å². The standard InChI is InChI=1S/C18H21N3O/c1-21(13-14-8-4-2-5-9-14)18(22)16-12-19-20-17(16)15-10-6-3-7-11-15/h2-11,16-17,19-20H,12-13H2,1H3. The fourth-order valence-electron chi connectivity index (χ4n) is 2.92. The van der Waals surface area contributed by atoms with Gasteiger partial charge in [-0.25, -0.2) is 5.43 Å². The van der Waals surface area contributed by atoms with E-state index in [1.54, 1.807) is 0 Å². The van der Waals surface area contributed by atoms with E-state index in [1.807, 2.05) is 60.5 Å². The molecule has 2 N–H and O–H groups in total. The third-order valence-electron chi connectivity index (χ3n) is 4.10. The summed E-state index contributed by atoms with van der Waals surface area (Å²) < 4.78 is 0. The zero-order valence-corrected chi connectivity index (χ0v) is 12.7. The fourth-order valence-corrected chi connectivity index (χ4v) is 2.92. The molecule has 0 saturated carbocycles. The lowest BCUT2D eigenvalue weighted by Gasteiger charge is -2.24. The Morgan fingerprint density at radius 2 is 1.73 bits per heavy atom. The molecule has 22 heavy (non-hydrogen) atoms. The van der Waals surface area contributed by atoms with Gasteiger partial charge in [-0.15, -0.1) is 0 Å². The number of hydrazine groups is 1. The molecule has 0 aromatic heterocycles. The molecule has 2 aromatic carbocycles. The summed E-state index contributed by atoms with van der Waals surface area (Å²) in [5, 5.41) is 0. The van der Waals surface area contributed by atoms with Crippen molar-refractivity contribution in [1.82, 2.24) is 15.8 Å². The van der Waals surface area contributed by atoms with Gasteiger partial charge in [0.1, 0.15) is 0 Å². The molecule has 2 atom stereocenters. The van der Waals surface area contributed by atoms with Crippen LogP contribution in [0.25, 0.3) is 0 Å². The van der Waals surface area contributed by atoms with Crippen molar-refractivity contribution < 1.29 is 4.79 Å². The van der Waals surface area contributed by atoms with Crippen LogP contribution in [-0.2, 0) is 11.3 Å². The van der Waals surface area contributed by atoms with Gasteiger partial charge in [0.2, 0.25) is 5.91 Å². The Morgan fingerprint density at radius 3 is 2.41 bits per heavy atom. The molecule has 0 aliphatic carbocycles. The van der Waals surface area contributed by atoms with Crippen molar-refractivity contribution in [2.45, 2.75) is 12.6 Å². The van der Waals surface area contributed by atoms with Gasteiger partial charge in [-0.3, -0.25) is 10.2 Å². The molecule has 1 aliphatic rings. The fraction of sp³-hybridized carbons (Fsp3) is 0.278. The van der Waals surface area contributed by atoms with E-state index in [4.69, 9.17) is 0 Å². The van der Waals surface area contributed by atoms with E-state index in [2.05, 4.69) is 23.0 Å². The van der Waals surface area contributed by atoms with E-state index in [9.17, 15) is 4.79 Å². The molecule has 0 bridgehead atoms. The highest BCUT2D eigenvalue weighted by Gasteiger charge is 2.35. The third-order valence-corrected chi connectivity index (χ3v) is 4.10. The molecule has 4 heteroatoms. The van der Waals surface area contributed by atoms with Gasteiger partial charge in [-0.1, -0.05) is 60.7 Å². The molecule has 1 fully saturated rings. The highest BCUT2D eigenvalue weighted by atomic mass is 16.2. The van der Waals surface area contributed by atoms with E-state index in [1.165, 1.54) is 0 Å². The Morgan fingerprint density at radius 1 is 1.09 bits per heavy atom. The van der Waals surface area contributed by atoms with Crippen molar-refractivity contribution in [3.63, 3.8) is 0 Å². The highest BCUT2D eigenvalue weighted by molar-refractivity contribution is 5.80. The van der Waals surface area contributed by atoms with Gasteiger partial charge >= 0.3 is 0 Å². The van der Waals surface area contributed by atoms with Crippen molar-refractivity contribution in [1.29, 1.82) is 0 Å². The zero-order valence-electron chi connectivity index (χ0n) is 12.7. The monoisotopic (exact) mass is 295 g/mol. The molecule has 0 spiro atoms. The Hall–Kier alpha value is -2.17. The van der Waals surface area contributed by atoms with Crippen LogP contribution in [0.3, 0.4) is 0 Å². The van der Waals surface area contributed by atoms with Crippen molar-refractivity contribution in [3.05, 3.63) is 71.8 Å². The maximum absolute atomic E-state index is 12.8. The molecule has 3 rings (SSSR count). The first-order valence-electron chi connectivity index (χ1n) is 7.58. The van der Waals surface area contributed by atoms with Crippen LogP contribution in [0.4, 0.5) is 0 Å². The van der Waals surface area contributed by atoms with Gasteiger partial charge in [0.05, 0.1) is 12.0 Å². The summed E-state index contributed by atoms with van der Waals surface area (Å²) >= 11 is 0. The van der Waals surface area contributed by atoms with Crippen molar-refractivity contribution in [2.24, 2.45) is 5.92 Å². The summed E-state index contributed by atoms with van der Waals surface area (Å²) in [6, 6.07) is 20.2. The van der Waals surface area contributed by atoms with Crippen LogP contribution >= 0.6 is 0 Å². The highest BCUT2D eigenvalue weighted by Crippen LogP contribution is 2.26. The number of amides is 1. The maximum Gasteiger partial charge on any atom is 0.229 e. The number of nitrogens with zero attached hydrogens (tertiary/aromatic N) is 1. The Labute approximate surface area is 131 Å². The van der Waals surface area contributed by atoms with Crippen molar-refractivity contribution >= 4 is 5.91 Å². The quantitative estimate of drug-likeness (QED) is 0.908. The molecule has 4 nitrogen and oxygen atoms in total. The first kappa shape index (κ1) is 14.8. The van der Waals surface area contributed by atoms with Gasteiger partial charge in [-0.05, 0) is 11.1 Å². The van der Waals surface area contributed by atoms with Gasteiger partial charge in [0.25, 0.3) is 0 Å². The summed E-state index contributed by atoms with van der Waals surface area (Å²) in [5.74, 6) is 0.0753. The second-order valence-corrected chi connectivity index (χ2v) is 5.70. The lowest BCUT2D eigenvalue weighted by molar-refractivity contribution is -0.134. The Kier molecular flexibility index (Phi) is 4.51. The first-order valence-corrected chi connectivity index (χ1v) is 7.58. The lowest BCUT2D eigenvalue weighted by Crippen LogP contribution is -2.36. The number of rotatable bonds is 4. The molecule has 0 radical (unpaired) electrons. The molecule has 2 aromatic rings. The number of nitrogens with one attached hydrogen (secondary N) is 2. The van der Waals surface area contributed by atoms with Crippen molar-refractivity contribution in [2.75, 3.05) is 13.6 Å². The SMILES string of the molecule is CN(Cc1ccccc1)C(=O)C1CNNC1c1ccccc1. The van der Waals surface area contributed by atoms with Gasteiger partial charge < -0.3 is 4.90 Å². The lowest BCUT2D eigenvalue weighted by atomic mass is 9.93. The number of hydrogen-bond donors (Lipinski definition) is 2. The summed E-state index contributed by atoms with van der Waals surface area (Å²) in [4.78, 5) is 14.6. The van der Waals surface area contributed by atoms with E-state index >= 15 is 0 Å². The number of benzene rings is 2. The predicted octanol–water partition coefficient (Wildman–Crippen LogP) is 2.11. The van der Waals surface area contributed by atoms with Crippen LogP contribution in [0.2, 0.25) is 0 Å². The summed E-state index contributed by atoms with van der Waals surface area (Å²) in [7, 11) is 1.87. The van der Waals surface area contributed by atoms with Gasteiger partial charge in [0, 0.05) is 20.1 Å². The molecule has 114 valence electrons. The number of hydrogen-bond acceptors (Lipinski definition) is 3. The molecule has 1 heterocycles. The van der Waals surface area contributed by atoms with Crippen LogP contribution in [0, 0.1) is 5.92 Å². The minimum absolute atomic E-state index is 0.0203. The average molecular weight is 295 g/mol. The smallest absolute Gasteiger partial charge is 0.229 e. The summed E-state index contributed by atoms with van der Waals surface area (Å²) in [5.41, 5.74) is 8.63. The molecule has 2 unspecified atom stereocenters. The number of carbonyl (C=O) groups is 1. The number of carbonyl (C=O) groups excluding carboxylic acids is 1. The minimum atomic E-state index is -0.0869. The van der Waals surface area contributed by atoms with E-state index in [0.717, 1.165) is 11.1 Å². The van der Waals surface area contributed by atoms with Crippen LogP contribution in [0.1, 0.15) is 17.2 Å². The van der Waals surface area contributed by atoms with Crippen molar-refractivity contribution in [3.8, 4) is 0 Å². The Bertz CT molecular complexity index is 615. The topological polar surface area (TPSA) is 44.4 Å². The average Bonchev–Trinajstić information content (AvgIpc) is 3.05. The maximum atomic E-state index is 12.8. The second-order valence-electron chi connectivity index (χ2n) is 5.70. The Balaban J connectivity index is 1.71.